The van der Waals surface area contributed by atoms with Crippen molar-refractivity contribution in [1.82, 2.24) is 0 Å². The van der Waals surface area contributed by atoms with Crippen LogP contribution in [0, 0.1) is 0 Å². The summed E-state index contributed by atoms with van der Waals surface area (Å²) in [5, 5.41) is 9.86. The first-order valence-corrected chi connectivity index (χ1v) is 8.39. The molecule has 0 aromatic heterocycles. The van der Waals surface area contributed by atoms with Gasteiger partial charge in [-0.1, -0.05) is 6.58 Å². The second-order valence-corrected chi connectivity index (χ2v) is 7.68. The third-order valence-electron chi connectivity index (χ3n) is 3.04. The molecule has 0 radical (unpaired) electrons. The van der Waals surface area contributed by atoms with Gasteiger partial charge in [0.1, 0.15) is 12.2 Å². The summed E-state index contributed by atoms with van der Waals surface area (Å²) < 4.78 is 11.9. The number of alkyl halides is 1. The molecule has 1 N–H and O–H groups in total. The van der Waals surface area contributed by atoms with Gasteiger partial charge in [0.05, 0.1) is 6.61 Å². The second kappa shape index (κ2) is 8.62. The van der Waals surface area contributed by atoms with E-state index in [-0.39, 0.29) is 11.2 Å². The van der Waals surface area contributed by atoms with Gasteiger partial charge in [0.25, 0.3) is 0 Å². The van der Waals surface area contributed by atoms with Gasteiger partial charge in [-0.2, -0.15) is 0 Å². The summed E-state index contributed by atoms with van der Waals surface area (Å²) in [6.07, 6.45) is 3.21. The number of aliphatic hydroxyl groups is 1. The van der Waals surface area contributed by atoms with Crippen LogP contribution in [0.15, 0.2) is 22.3 Å². The number of hydrogen-bond donors (Lipinski definition) is 1. The third-order valence-corrected chi connectivity index (χ3v) is 3.85. The zero-order chi connectivity index (χ0) is 16.0. The Morgan fingerprint density at radius 3 is 2.81 bits per heavy atom. The average molecular weight is 429 g/mol. The van der Waals surface area contributed by atoms with Crippen molar-refractivity contribution in [3.05, 3.63) is 22.3 Å². The monoisotopic (exact) mass is 428 g/mol. The van der Waals surface area contributed by atoms with E-state index in [4.69, 9.17) is 21.1 Å². The Bertz CT molecular complexity index is 408. The van der Waals surface area contributed by atoms with Gasteiger partial charge in [-0.25, -0.2) is 0 Å². The number of hydrogen-bond acceptors (Lipinski definition) is 4. The topological polar surface area (TPSA) is 55.8 Å². The first-order chi connectivity index (χ1) is 9.69. The van der Waals surface area contributed by atoms with Gasteiger partial charge in [0.2, 0.25) is 0 Å². The van der Waals surface area contributed by atoms with E-state index in [1.807, 2.05) is 0 Å². The van der Waals surface area contributed by atoms with E-state index in [2.05, 4.69) is 29.2 Å². The molecule has 0 aromatic rings. The van der Waals surface area contributed by atoms with Gasteiger partial charge >= 0.3 is 0 Å². The van der Waals surface area contributed by atoms with Crippen LogP contribution >= 0.6 is 34.2 Å². The molecule has 0 aliphatic carbocycles. The van der Waals surface area contributed by atoms with Crippen LogP contribution in [0.4, 0.5) is 0 Å². The molecule has 0 amide bonds. The molecule has 1 heterocycles. The summed E-state index contributed by atoms with van der Waals surface area (Å²) in [5.41, 5.74) is 0. The second-order valence-electron chi connectivity index (χ2n) is 5.54. The fourth-order valence-corrected chi connectivity index (χ4v) is 3.03. The Morgan fingerprint density at radius 2 is 2.29 bits per heavy atom. The molecule has 4 nitrogen and oxygen atoms in total. The first kappa shape index (κ1) is 19.1. The Hall–Kier alpha value is 0.0500. The summed E-state index contributed by atoms with van der Waals surface area (Å²) in [5.74, 6) is -0.742. The van der Waals surface area contributed by atoms with Gasteiger partial charge in [-0.15, -0.1) is 11.6 Å². The van der Waals surface area contributed by atoms with E-state index in [0.29, 0.717) is 25.9 Å². The third kappa shape index (κ3) is 7.74. The fraction of sp³-hybridized carbons (Fsp3) is 0.667. The lowest BCUT2D eigenvalue weighted by Crippen LogP contribution is -2.29. The zero-order valence-electron chi connectivity index (χ0n) is 12.4. The number of carbonyl (C=O) groups excluding carboxylic acids is 1. The molecule has 1 aliphatic rings. The SMILES string of the molecule is C=C(I)C[C@H](Cl)CCC(=O)/C=C/C(O)[C@H]1COC(C)(C)O1. The molecule has 1 fully saturated rings. The van der Waals surface area contributed by atoms with E-state index in [1.54, 1.807) is 13.8 Å². The maximum atomic E-state index is 11.7. The number of halogens is 2. The number of allylic oxidation sites excluding steroid dienone is 2. The van der Waals surface area contributed by atoms with E-state index in [9.17, 15) is 9.90 Å². The highest BCUT2D eigenvalue weighted by Gasteiger charge is 2.35. The van der Waals surface area contributed by atoms with Crippen molar-refractivity contribution in [2.45, 2.75) is 56.5 Å². The predicted molar refractivity (Wildman–Crippen MR) is 91.7 cm³/mol. The van der Waals surface area contributed by atoms with Crippen LogP contribution in [0.3, 0.4) is 0 Å². The maximum Gasteiger partial charge on any atom is 0.163 e. The Balaban J connectivity index is 2.32. The maximum absolute atomic E-state index is 11.7. The van der Waals surface area contributed by atoms with Crippen LogP contribution in [-0.4, -0.2) is 40.9 Å². The van der Waals surface area contributed by atoms with Crippen molar-refractivity contribution in [3.63, 3.8) is 0 Å². The standard InChI is InChI=1S/C15H22ClIO4/c1-10(17)8-11(16)4-5-12(18)6-7-13(19)14-9-20-15(2,3)21-14/h6-7,11,13-14,19H,1,4-5,8-9H2,2-3H3/b7-6+/t11-,13?,14-/m1/s1. The van der Waals surface area contributed by atoms with Crippen LogP contribution in [-0.2, 0) is 14.3 Å². The molecule has 1 unspecified atom stereocenters. The number of ether oxygens (including phenoxy) is 2. The van der Waals surface area contributed by atoms with E-state index in [1.165, 1.54) is 12.2 Å². The van der Waals surface area contributed by atoms with Crippen molar-refractivity contribution in [1.29, 1.82) is 0 Å². The minimum Gasteiger partial charge on any atom is -0.386 e. The van der Waals surface area contributed by atoms with E-state index in [0.717, 1.165) is 3.58 Å². The molecule has 3 atom stereocenters. The van der Waals surface area contributed by atoms with Crippen LogP contribution in [0.5, 0.6) is 0 Å². The zero-order valence-corrected chi connectivity index (χ0v) is 15.3. The molecule has 0 aromatic carbocycles. The van der Waals surface area contributed by atoms with Gasteiger partial charge in [-0.3, -0.25) is 4.79 Å². The van der Waals surface area contributed by atoms with Crippen molar-refractivity contribution in [2.24, 2.45) is 0 Å². The molecule has 0 bridgehead atoms. The number of ketones is 1. The summed E-state index contributed by atoms with van der Waals surface area (Å²) in [6, 6.07) is 0. The van der Waals surface area contributed by atoms with E-state index >= 15 is 0 Å². The predicted octanol–water partition coefficient (Wildman–Crippen LogP) is 3.35. The summed E-state index contributed by atoms with van der Waals surface area (Å²) in [6.45, 7) is 7.67. The highest BCUT2D eigenvalue weighted by atomic mass is 127. The van der Waals surface area contributed by atoms with Crippen LogP contribution < -0.4 is 0 Å². The summed E-state index contributed by atoms with van der Waals surface area (Å²) in [4.78, 5) is 11.7. The fourth-order valence-electron chi connectivity index (χ4n) is 1.94. The number of rotatable bonds is 8. The molecule has 120 valence electrons. The molecule has 1 saturated heterocycles. The van der Waals surface area contributed by atoms with Crippen LogP contribution in [0.2, 0.25) is 0 Å². The molecular weight excluding hydrogens is 407 g/mol. The largest absolute Gasteiger partial charge is 0.386 e. The Labute approximate surface area is 144 Å². The summed E-state index contributed by atoms with van der Waals surface area (Å²) >= 11 is 8.22. The smallest absolute Gasteiger partial charge is 0.163 e. The highest BCUT2D eigenvalue weighted by molar-refractivity contribution is 14.1. The van der Waals surface area contributed by atoms with Crippen molar-refractivity contribution in [2.75, 3.05) is 6.61 Å². The van der Waals surface area contributed by atoms with Crippen molar-refractivity contribution >= 4 is 40.0 Å². The van der Waals surface area contributed by atoms with Crippen molar-refractivity contribution in [3.8, 4) is 0 Å². The average Bonchev–Trinajstić information content (AvgIpc) is 2.73. The van der Waals surface area contributed by atoms with Crippen molar-refractivity contribution < 1.29 is 19.4 Å². The molecule has 1 rings (SSSR count). The number of carbonyl (C=O) groups is 1. The number of aliphatic hydroxyl groups excluding tert-OH is 1. The highest BCUT2D eigenvalue weighted by Crippen LogP contribution is 2.24. The van der Waals surface area contributed by atoms with Gasteiger partial charge < -0.3 is 14.6 Å². The van der Waals surface area contributed by atoms with Gasteiger partial charge in [0.15, 0.2) is 11.6 Å². The van der Waals surface area contributed by atoms with Crippen LogP contribution in [0.25, 0.3) is 0 Å². The molecule has 0 spiro atoms. The lowest BCUT2D eigenvalue weighted by Gasteiger charge is -2.18. The molecule has 0 saturated carbocycles. The lowest BCUT2D eigenvalue weighted by atomic mass is 10.1. The summed E-state index contributed by atoms with van der Waals surface area (Å²) in [7, 11) is 0. The molecule has 21 heavy (non-hydrogen) atoms. The quantitative estimate of drug-likeness (QED) is 0.366. The molecular formula is C15H22ClIO4. The van der Waals surface area contributed by atoms with E-state index < -0.39 is 18.0 Å². The minimum absolute atomic E-state index is 0.0584. The lowest BCUT2D eigenvalue weighted by molar-refractivity contribution is -0.147. The Morgan fingerprint density at radius 1 is 1.62 bits per heavy atom. The minimum atomic E-state index is -0.850. The molecule has 1 aliphatic heterocycles. The van der Waals surface area contributed by atoms with Crippen LogP contribution in [0.1, 0.15) is 33.1 Å². The Kier molecular flexibility index (Phi) is 7.84. The molecule has 6 heteroatoms. The normalized spacial score (nSPS) is 24.1. The van der Waals surface area contributed by atoms with Gasteiger partial charge in [-0.05, 0) is 65.0 Å². The first-order valence-electron chi connectivity index (χ1n) is 6.88. The van der Waals surface area contributed by atoms with Gasteiger partial charge in [0, 0.05) is 11.8 Å².